The molecule has 0 saturated heterocycles. The molecule has 0 aromatic heterocycles. The van der Waals surface area contributed by atoms with Crippen LogP contribution in [0.2, 0.25) is 0 Å². The first-order valence-corrected chi connectivity index (χ1v) is 0.167. The van der Waals surface area contributed by atoms with Gasteiger partial charge in [0.1, 0.15) is 0 Å². The average molecular weight is 266 g/mol. The Balaban J connectivity index is -0.00000000500. The van der Waals surface area contributed by atoms with Crippen LogP contribution in [-0.4, -0.2) is 49.8 Å². The van der Waals surface area contributed by atoms with Crippen molar-refractivity contribution >= 4 is 49.8 Å². The zero-order valence-corrected chi connectivity index (χ0v) is 8.04. The van der Waals surface area contributed by atoms with Crippen molar-refractivity contribution in [3.8, 4) is 0 Å². The van der Waals surface area contributed by atoms with Crippen LogP contribution in [-0.2, 0) is 0 Å². The monoisotopic (exact) mass is 267 g/mol. The molecule has 0 N–H and O–H groups in total. The predicted octanol–water partition coefficient (Wildman–Crippen LogP) is -0.695. The van der Waals surface area contributed by atoms with E-state index in [1.54, 1.807) is 0 Å². The molecule has 0 fully saturated rings. The fraction of sp³-hybridized carbons (Fsp3) is 0. The largest absolute Gasteiger partial charge is 0 e. The van der Waals surface area contributed by atoms with Crippen molar-refractivity contribution in [2.75, 3.05) is 0 Å². The summed E-state index contributed by atoms with van der Waals surface area (Å²) in [5, 5.41) is 0. The predicted molar refractivity (Wildman–Crippen MR) is 18.2 cm³/mol. The molecule has 0 spiro atoms. The molecule has 0 bridgehead atoms. The molecule has 2 nitrogen and oxygen atoms in total. The first-order chi connectivity index (χ1) is 1.00. The van der Waals surface area contributed by atoms with E-state index < -0.39 is 0 Å². The first kappa shape index (κ1) is 18.7. The maximum atomic E-state index is 7.00. The summed E-state index contributed by atoms with van der Waals surface area (Å²) in [7, 11) is 0. The zero-order chi connectivity index (χ0) is 2.00. The van der Waals surface area contributed by atoms with Crippen molar-refractivity contribution in [2.45, 2.75) is 0 Å². The second-order valence-corrected chi connectivity index (χ2v) is 0. The summed E-state index contributed by atoms with van der Waals surface area (Å²) in [6, 6.07) is 0. The van der Waals surface area contributed by atoms with E-state index in [2.05, 4.69) is 0 Å². The Morgan fingerprint density at radius 2 is 1.00 bits per heavy atom. The quantitative estimate of drug-likeness (QED) is 0.543. The van der Waals surface area contributed by atoms with Crippen molar-refractivity contribution in [3.05, 3.63) is 9.93 Å². The maximum absolute atomic E-state index is 7.00. The minimum absolute atomic E-state index is 0. The Labute approximate surface area is 59.3 Å². The van der Waals surface area contributed by atoms with Gasteiger partial charge in [0.15, 0.2) is 0 Å². The number of hydrogen-bond donors (Lipinski definition) is 0. The smallest absolute Gasteiger partial charge is 0 e. The normalized spacial score (nSPS) is 1.00. The third-order valence-corrected chi connectivity index (χ3v) is 0. The van der Waals surface area contributed by atoms with E-state index in [0.29, 0.717) is 0 Å². The molecule has 0 aliphatic heterocycles. The molecule has 0 rings (SSSR count). The summed E-state index contributed by atoms with van der Waals surface area (Å²) in [4.78, 5) is 14.0. The van der Waals surface area contributed by atoms with Crippen LogP contribution in [0.3, 0.4) is 0 Å². The second kappa shape index (κ2) is 28.3. The van der Waals surface area contributed by atoms with Crippen LogP contribution in [0.15, 0.2) is 0 Å². The Bertz CT molecular complexity index is 6.00. The van der Waals surface area contributed by atoms with E-state index in [4.69, 9.17) is 9.93 Å². The molecule has 0 aliphatic carbocycles. The van der Waals surface area contributed by atoms with Crippen LogP contribution in [0.5, 0.6) is 0 Å². The third-order valence-electron chi connectivity index (χ3n) is 0. The van der Waals surface area contributed by atoms with Gasteiger partial charge in [-0.2, -0.15) is 0 Å². The van der Waals surface area contributed by atoms with Crippen LogP contribution < -0.4 is 0 Å². The van der Waals surface area contributed by atoms with E-state index in [0.717, 1.165) is 0 Å². The van der Waals surface area contributed by atoms with Gasteiger partial charge >= 0.3 is 0 Å². The van der Waals surface area contributed by atoms with Crippen molar-refractivity contribution in [2.24, 2.45) is 0 Å². The molecule has 0 aliphatic rings. The van der Waals surface area contributed by atoms with Gasteiger partial charge in [0.2, 0.25) is 0 Å². The molecule has 0 saturated carbocycles. The molecule has 7 radical (unpaired) electrons. The molecule has 0 atom stereocenters. The fourth-order valence-corrected chi connectivity index (χ4v) is 0. The minimum Gasteiger partial charge on any atom is 0 e. The van der Waals surface area contributed by atoms with Gasteiger partial charge in [0, 0.05) is 59.7 Å². The topological polar surface area (TPSA) is 34.1 Å². The standard InChI is InChI=1S/In.O2.Sn/c;1-2;. The van der Waals surface area contributed by atoms with Gasteiger partial charge in [-0.15, -0.1) is 0 Å². The van der Waals surface area contributed by atoms with Crippen molar-refractivity contribution in [1.29, 1.82) is 0 Å². The van der Waals surface area contributed by atoms with Gasteiger partial charge in [0.25, 0.3) is 0 Å². The maximum Gasteiger partial charge on any atom is 0 e. The van der Waals surface area contributed by atoms with Crippen molar-refractivity contribution in [3.63, 3.8) is 0 Å². The molecule has 0 amide bonds. The molecule has 19 valence electrons. The Hall–Kier alpha value is 1.27. The molecule has 4 heteroatoms. The van der Waals surface area contributed by atoms with Gasteiger partial charge in [0.05, 0.1) is 0 Å². The minimum atomic E-state index is 0. The molecule has 0 unspecified atom stereocenters. The average Bonchev–Trinajstić information content (AvgIpc) is 1.00. The van der Waals surface area contributed by atoms with Crippen LogP contribution in [0.4, 0.5) is 0 Å². The van der Waals surface area contributed by atoms with E-state index >= 15 is 0 Å². The van der Waals surface area contributed by atoms with Gasteiger partial charge in [-0.25, -0.2) is 0 Å². The third kappa shape index (κ3) is 10.5. The summed E-state index contributed by atoms with van der Waals surface area (Å²) >= 11 is 0. The summed E-state index contributed by atoms with van der Waals surface area (Å²) < 4.78 is 0. The van der Waals surface area contributed by atoms with Gasteiger partial charge in [-0.05, 0) is 0 Å². The Kier molecular flexibility index (Phi) is 132. The number of rotatable bonds is 0. The van der Waals surface area contributed by atoms with Crippen molar-refractivity contribution < 1.29 is 0 Å². The van der Waals surface area contributed by atoms with Crippen LogP contribution >= 0.6 is 0 Å². The molecule has 0 aromatic carbocycles. The van der Waals surface area contributed by atoms with Gasteiger partial charge < -0.3 is 0 Å². The molecule has 0 aromatic rings. The Morgan fingerprint density at radius 1 is 1.00 bits per heavy atom. The molecular weight excluding hydrogens is 266 g/mol. The second-order valence-electron chi connectivity index (χ2n) is 0. The van der Waals surface area contributed by atoms with Crippen molar-refractivity contribution in [1.82, 2.24) is 0 Å². The van der Waals surface area contributed by atoms with Crippen LogP contribution in [0, 0.1) is 9.93 Å². The van der Waals surface area contributed by atoms with Crippen LogP contribution in [0.1, 0.15) is 0 Å². The summed E-state index contributed by atoms with van der Waals surface area (Å²) in [5.74, 6) is 0. The Morgan fingerprint density at radius 3 is 1.00 bits per heavy atom. The van der Waals surface area contributed by atoms with E-state index in [1.807, 2.05) is 0 Å². The molecule has 0 heterocycles. The SMILES string of the molecule is O=O.[In].[Sn]. The van der Waals surface area contributed by atoms with Crippen LogP contribution in [0.25, 0.3) is 0 Å². The number of hydrogen-bond acceptors (Lipinski definition) is 2. The molecule has 4 heavy (non-hydrogen) atoms. The van der Waals surface area contributed by atoms with E-state index in [9.17, 15) is 0 Å². The molecular formula is InO2Sn. The van der Waals surface area contributed by atoms with Gasteiger partial charge in [-0.3, -0.25) is 0 Å². The zero-order valence-electron chi connectivity index (χ0n) is 1.89. The summed E-state index contributed by atoms with van der Waals surface area (Å²) in [6.07, 6.45) is 0. The van der Waals surface area contributed by atoms with Gasteiger partial charge in [-0.1, -0.05) is 0 Å². The summed E-state index contributed by atoms with van der Waals surface area (Å²) in [5.41, 5.74) is 0. The fourth-order valence-electron chi connectivity index (χ4n) is 0. The van der Waals surface area contributed by atoms with E-state index in [-0.39, 0.29) is 49.8 Å². The van der Waals surface area contributed by atoms with E-state index in [1.165, 1.54) is 0 Å². The summed E-state index contributed by atoms with van der Waals surface area (Å²) in [6.45, 7) is 0. The first-order valence-electron chi connectivity index (χ1n) is 0.167.